The van der Waals surface area contributed by atoms with E-state index in [2.05, 4.69) is 15.1 Å². The number of hydrogen-bond donors (Lipinski definition) is 0. The van der Waals surface area contributed by atoms with Crippen molar-refractivity contribution in [3.8, 4) is 11.6 Å². The molecule has 2 heterocycles. The van der Waals surface area contributed by atoms with E-state index in [4.69, 9.17) is 9.47 Å². The van der Waals surface area contributed by atoms with E-state index in [0.29, 0.717) is 24.7 Å². The number of piperazine rings is 1. The van der Waals surface area contributed by atoms with Crippen LogP contribution in [-0.2, 0) is 4.79 Å². The smallest absolute Gasteiger partial charge is 0.260 e. The van der Waals surface area contributed by atoms with E-state index in [-0.39, 0.29) is 18.6 Å². The predicted molar refractivity (Wildman–Crippen MR) is 110 cm³/mol. The van der Waals surface area contributed by atoms with Gasteiger partial charge in [-0.05, 0) is 43.9 Å². The number of rotatable bonds is 6. The summed E-state index contributed by atoms with van der Waals surface area (Å²) in [5, 5.41) is 8.59. The molecule has 0 N–H and O–H groups in total. The maximum Gasteiger partial charge on any atom is 0.260 e. The van der Waals surface area contributed by atoms with Crippen molar-refractivity contribution in [2.24, 2.45) is 0 Å². The second-order valence-electron chi connectivity index (χ2n) is 7.58. The second kappa shape index (κ2) is 9.58. The molecule has 2 aliphatic rings. The molecule has 0 spiro atoms. The number of ether oxygens (including phenoxy) is 2. The fraction of sp³-hybridized carbons (Fsp3) is 0.500. The zero-order valence-corrected chi connectivity index (χ0v) is 16.7. The first-order valence-electron chi connectivity index (χ1n) is 10.5. The highest BCUT2D eigenvalue weighted by molar-refractivity contribution is 5.78. The van der Waals surface area contributed by atoms with Crippen LogP contribution in [0.15, 0.2) is 42.5 Å². The maximum absolute atomic E-state index is 12.4. The summed E-state index contributed by atoms with van der Waals surface area (Å²) in [6.45, 7) is 2.83. The number of amides is 1. The standard InChI is InChI=1S/C22H28N4O3/c27-22(17-28-18-7-3-1-4-8-18)26-15-13-25(14-16-26)20-11-12-21(24-23-20)29-19-9-5-2-6-10-19/h1,3-4,7-8,11-12,19H,2,5-6,9-10,13-17H2. The van der Waals surface area contributed by atoms with Crippen molar-refractivity contribution in [3.05, 3.63) is 42.5 Å². The van der Waals surface area contributed by atoms with Gasteiger partial charge >= 0.3 is 0 Å². The Balaban J connectivity index is 1.23. The number of anilines is 1. The molecule has 1 amide bonds. The molecule has 1 aliphatic carbocycles. The lowest BCUT2D eigenvalue weighted by molar-refractivity contribution is -0.133. The SMILES string of the molecule is O=C(COc1ccccc1)N1CCN(c2ccc(OC3CCCCC3)nn2)CC1. The van der Waals surface area contributed by atoms with Gasteiger partial charge in [0.05, 0.1) is 0 Å². The zero-order valence-electron chi connectivity index (χ0n) is 16.7. The third-order valence-electron chi connectivity index (χ3n) is 5.53. The van der Waals surface area contributed by atoms with Gasteiger partial charge in [-0.2, -0.15) is 0 Å². The Bertz CT molecular complexity index is 770. The number of carbonyl (C=O) groups is 1. The molecule has 0 unspecified atom stereocenters. The molecule has 7 heteroatoms. The molecule has 29 heavy (non-hydrogen) atoms. The van der Waals surface area contributed by atoms with Crippen LogP contribution in [-0.4, -0.2) is 59.9 Å². The Hall–Kier alpha value is -2.83. The van der Waals surface area contributed by atoms with Crippen molar-refractivity contribution in [2.45, 2.75) is 38.2 Å². The third kappa shape index (κ3) is 5.37. The van der Waals surface area contributed by atoms with Crippen molar-refractivity contribution in [2.75, 3.05) is 37.7 Å². The van der Waals surface area contributed by atoms with Crippen molar-refractivity contribution in [1.29, 1.82) is 0 Å². The minimum Gasteiger partial charge on any atom is -0.484 e. The number of benzene rings is 1. The van der Waals surface area contributed by atoms with Gasteiger partial charge in [-0.15, -0.1) is 10.2 Å². The molecule has 0 atom stereocenters. The van der Waals surface area contributed by atoms with E-state index in [1.807, 2.05) is 47.4 Å². The lowest BCUT2D eigenvalue weighted by atomic mass is 9.98. The Morgan fingerprint density at radius 2 is 1.69 bits per heavy atom. The van der Waals surface area contributed by atoms with Gasteiger partial charge < -0.3 is 19.3 Å². The Labute approximate surface area is 171 Å². The highest BCUT2D eigenvalue weighted by Crippen LogP contribution is 2.23. The Kier molecular flexibility index (Phi) is 6.44. The number of nitrogens with zero attached hydrogens (tertiary/aromatic N) is 4. The van der Waals surface area contributed by atoms with Crippen molar-refractivity contribution >= 4 is 11.7 Å². The number of carbonyl (C=O) groups excluding carboxylic acids is 1. The van der Waals surface area contributed by atoms with E-state index >= 15 is 0 Å². The Morgan fingerprint density at radius 3 is 2.38 bits per heavy atom. The van der Waals surface area contributed by atoms with Crippen molar-refractivity contribution in [3.63, 3.8) is 0 Å². The van der Waals surface area contributed by atoms with Gasteiger partial charge in [0.2, 0.25) is 5.88 Å². The minimum atomic E-state index is 0.0100. The van der Waals surface area contributed by atoms with Gasteiger partial charge in [-0.25, -0.2) is 0 Å². The molecule has 1 aromatic carbocycles. The first-order chi connectivity index (χ1) is 14.3. The highest BCUT2D eigenvalue weighted by atomic mass is 16.5. The van der Waals surface area contributed by atoms with E-state index in [0.717, 1.165) is 31.7 Å². The maximum atomic E-state index is 12.4. The fourth-order valence-electron chi connectivity index (χ4n) is 3.84. The van der Waals surface area contributed by atoms with Crippen molar-refractivity contribution < 1.29 is 14.3 Å². The molecule has 0 radical (unpaired) electrons. The number of hydrogen-bond acceptors (Lipinski definition) is 6. The monoisotopic (exact) mass is 396 g/mol. The fourth-order valence-corrected chi connectivity index (χ4v) is 3.84. The van der Waals surface area contributed by atoms with Gasteiger partial charge in [-0.3, -0.25) is 4.79 Å². The number of para-hydroxylation sites is 1. The molecular weight excluding hydrogens is 368 g/mol. The second-order valence-corrected chi connectivity index (χ2v) is 7.58. The molecule has 4 rings (SSSR count). The van der Waals surface area contributed by atoms with Crippen LogP contribution in [0, 0.1) is 0 Å². The molecule has 154 valence electrons. The molecule has 1 saturated heterocycles. The highest BCUT2D eigenvalue weighted by Gasteiger charge is 2.23. The van der Waals surface area contributed by atoms with Crippen LogP contribution in [0.3, 0.4) is 0 Å². The van der Waals surface area contributed by atoms with Gasteiger partial charge in [0.1, 0.15) is 11.9 Å². The summed E-state index contributed by atoms with van der Waals surface area (Å²) in [6, 6.07) is 13.3. The van der Waals surface area contributed by atoms with Gasteiger partial charge in [0.15, 0.2) is 12.4 Å². The largest absolute Gasteiger partial charge is 0.484 e. The van der Waals surface area contributed by atoms with Gasteiger partial charge in [0, 0.05) is 32.2 Å². The minimum absolute atomic E-state index is 0.0100. The summed E-state index contributed by atoms with van der Waals surface area (Å²) in [5.74, 6) is 2.15. The van der Waals surface area contributed by atoms with E-state index in [1.54, 1.807) is 0 Å². The zero-order chi connectivity index (χ0) is 19.9. The lowest BCUT2D eigenvalue weighted by Crippen LogP contribution is -2.50. The van der Waals surface area contributed by atoms with E-state index < -0.39 is 0 Å². The van der Waals surface area contributed by atoms with Crippen LogP contribution in [0.5, 0.6) is 11.6 Å². The third-order valence-corrected chi connectivity index (χ3v) is 5.53. The molecular formula is C22H28N4O3. The molecule has 1 aromatic heterocycles. The first-order valence-corrected chi connectivity index (χ1v) is 10.5. The average Bonchev–Trinajstić information content (AvgIpc) is 2.79. The molecule has 2 aromatic rings. The first kappa shape index (κ1) is 19.5. The van der Waals surface area contributed by atoms with Crippen LogP contribution >= 0.6 is 0 Å². The summed E-state index contributed by atoms with van der Waals surface area (Å²) in [7, 11) is 0. The summed E-state index contributed by atoms with van der Waals surface area (Å²) in [5.41, 5.74) is 0. The van der Waals surface area contributed by atoms with E-state index in [1.165, 1.54) is 19.3 Å². The normalized spacial score (nSPS) is 17.8. The quantitative estimate of drug-likeness (QED) is 0.748. The molecule has 2 fully saturated rings. The van der Waals surface area contributed by atoms with Gasteiger partial charge in [0.25, 0.3) is 5.91 Å². The van der Waals surface area contributed by atoms with Crippen LogP contribution in [0.4, 0.5) is 5.82 Å². The summed E-state index contributed by atoms with van der Waals surface area (Å²) >= 11 is 0. The number of aromatic nitrogens is 2. The van der Waals surface area contributed by atoms with Crippen LogP contribution in [0.2, 0.25) is 0 Å². The van der Waals surface area contributed by atoms with Crippen molar-refractivity contribution in [1.82, 2.24) is 15.1 Å². The predicted octanol–water partition coefficient (Wildman–Crippen LogP) is 2.92. The Morgan fingerprint density at radius 1 is 0.931 bits per heavy atom. The molecule has 1 aliphatic heterocycles. The van der Waals surface area contributed by atoms with Crippen LogP contribution < -0.4 is 14.4 Å². The lowest BCUT2D eigenvalue weighted by Gasteiger charge is -2.35. The van der Waals surface area contributed by atoms with Crippen LogP contribution in [0.25, 0.3) is 0 Å². The summed E-state index contributed by atoms with van der Waals surface area (Å²) < 4.78 is 11.5. The summed E-state index contributed by atoms with van der Waals surface area (Å²) in [4.78, 5) is 16.4. The molecule has 1 saturated carbocycles. The molecule has 0 bridgehead atoms. The van der Waals surface area contributed by atoms with E-state index in [9.17, 15) is 4.79 Å². The topological polar surface area (TPSA) is 67.8 Å². The summed E-state index contributed by atoms with van der Waals surface area (Å²) in [6.07, 6.45) is 6.25. The molecule has 7 nitrogen and oxygen atoms in total. The van der Waals surface area contributed by atoms with Crippen LogP contribution in [0.1, 0.15) is 32.1 Å². The van der Waals surface area contributed by atoms with Gasteiger partial charge in [-0.1, -0.05) is 24.6 Å². The average molecular weight is 396 g/mol.